The van der Waals surface area contributed by atoms with Gasteiger partial charge >= 0.3 is 5.97 Å². The number of hydrogen-bond acceptors (Lipinski definition) is 4. The van der Waals surface area contributed by atoms with Crippen molar-refractivity contribution in [1.82, 2.24) is 4.98 Å². The van der Waals surface area contributed by atoms with Gasteiger partial charge in [-0.1, -0.05) is 0 Å². The average Bonchev–Trinajstić information content (AvgIpc) is 2.40. The average molecular weight is 239 g/mol. The highest BCUT2D eigenvalue weighted by molar-refractivity contribution is 5.88. The molecule has 0 aliphatic rings. The number of pyridine rings is 1. The number of nitriles is 1. The molecule has 0 atom stereocenters. The minimum absolute atomic E-state index is 0.168. The van der Waals surface area contributed by atoms with Gasteiger partial charge in [-0.15, -0.1) is 0 Å². The van der Waals surface area contributed by atoms with Gasteiger partial charge in [0, 0.05) is 11.9 Å². The Hall–Kier alpha value is -2.87. The van der Waals surface area contributed by atoms with Crippen LogP contribution in [0.2, 0.25) is 0 Å². The maximum absolute atomic E-state index is 10.8. The molecule has 0 aliphatic carbocycles. The maximum Gasteiger partial charge on any atom is 0.335 e. The summed E-state index contributed by atoms with van der Waals surface area (Å²) in [6, 6.07) is 11.7. The monoisotopic (exact) mass is 239 g/mol. The van der Waals surface area contributed by atoms with Crippen LogP contribution in [0, 0.1) is 11.3 Å². The smallest absolute Gasteiger partial charge is 0.335 e. The predicted molar refractivity (Wildman–Crippen MR) is 65.6 cm³/mol. The molecule has 0 aliphatic heterocycles. The van der Waals surface area contributed by atoms with Gasteiger partial charge in [0.1, 0.15) is 5.82 Å². The van der Waals surface area contributed by atoms with Crippen LogP contribution in [0.1, 0.15) is 15.9 Å². The van der Waals surface area contributed by atoms with E-state index in [0.717, 1.165) is 5.69 Å². The molecule has 0 unspecified atom stereocenters. The lowest BCUT2D eigenvalue weighted by atomic mass is 10.2. The van der Waals surface area contributed by atoms with Crippen LogP contribution in [0.15, 0.2) is 42.6 Å². The van der Waals surface area contributed by atoms with Crippen LogP contribution in [0.25, 0.3) is 0 Å². The van der Waals surface area contributed by atoms with Crippen molar-refractivity contribution in [2.75, 3.05) is 5.32 Å². The lowest BCUT2D eigenvalue weighted by Gasteiger charge is -2.05. The van der Waals surface area contributed by atoms with Gasteiger partial charge in [0.2, 0.25) is 0 Å². The molecule has 1 aromatic carbocycles. The zero-order valence-corrected chi connectivity index (χ0v) is 9.29. The Kier molecular flexibility index (Phi) is 3.21. The van der Waals surface area contributed by atoms with Crippen molar-refractivity contribution >= 4 is 17.5 Å². The molecule has 5 nitrogen and oxygen atoms in total. The summed E-state index contributed by atoms with van der Waals surface area (Å²) in [5.74, 6) is -0.556. The van der Waals surface area contributed by atoms with E-state index >= 15 is 0 Å². The molecule has 88 valence electrons. The van der Waals surface area contributed by atoms with Crippen molar-refractivity contribution in [2.45, 2.75) is 0 Å². The van der Waals surface area contributed by atoms with Gasteiger partial charge in [-0.25, -0.2) is 9.78 Å². The Labute approximate surface area is 103 Å². The van der Waals surface area contributed by atoms with Gasteiger partial charge in [-0.2, -0.15) is 5.26 Å². The largest absolute Gasteiger partial charge is 0.478 e. The zero-order chi connectivity index (χ0) is 13.0. The number of nitrogens with zero attached hydrogens (tertiary/aromatic N) is 2. The fraction of sp³-hybridized carbons (Fsp3) is 0. The molecule has 5 heteroatoms. The molecule has 0 amide bonds. The number of carboxylic acid groups (broad SMARTS) is 1. The second-order valence-corrected chi connectivity index (χ2v) is 3.55. The number of rotatable bonds is 3. The number of anilines is 2. The summed E-state index contributed by atoms with van der Waals surface area (Å²) in [6.45, 7) is 0. The lowest BCUT2D eigenvalue weighted by Crippen LogP contribution is -1.99. The molecule has 0 spiro atoms. The second kappa shape index (κ2) is 4.97. The molecule has 1 aromatic heterocycles. The van der Waals surface area contributed by atoms with Gasteiger partial charge in [0.25, 0.3) is 0 Å². The number of carbonyl (C=O) groups is 1. The third-order valence-corrected chi connectivity index (χ3v) is 2.29. The zero-order valence-electron chi connectivity index (χ0n) is 9.29. The molecule has 0 bridgehead atoms. The number of carboxylic acids is 1. The summed E-state index contributed by atoms with van der Waals surface area (Å²) in [4.78, 5) is 14.8. The molecule has 2 N–H and O–H groups in total. The van der Waals surface area contributed by atoms with Gasteiger partial charge < -0.3 is 10.4 Å². The van der Waals surface area contributed by atoms with Crippen molar-refractivity contribution in [3.8, 4) is 6.07 Å². The summed E-state index contributed by atoms with van der Waals surface area (Å²) in [6.07, 6.45) is 1.43. The molecule has 18 heavy (non-hydrogen) atoms. The molecule has 0 saturated carbocycles. The molecule has 1 heterocycles. The van der Waals surface area contributed by atoms with Crippen molar-refractivity contribution < 1.29 is 9.90 Å². The predicted octanol–water partition coefficient (Wildman–Crippen LogP) is 2.40. The third kappa shape index (κ3) is 2.62. The molecule has 0 saturated heterocycles. The third-order valence-electron chi connectivity index (χ3n) is 2.29. The Balaban J connectivity index is 2.20. The Morgan fingerprint density at radius 3 is 2.61 bits per heavy atom. The minimum Gasteiger partial charge on any atom is -0.478 e. The Morgan fingerprint density at radius 2 is 2.00 bits per heavy atom. The summed E-state index contributed by atoms with van der Waals surface area (Å²) in [5.41, 5.74) is 1.47. The van der Waals surface area contributed by atoms with Crippen molar-refractivity contribution in [3.63, 3.8) is 0 Å². The number of hydrogen-bond donors (Lipinski definition) is 2. The van der Waals surface area contributed by atoms with Crippen molar-refractivity contribution in [1.29, 1.82) is 5.26 Å². The first-order valence-electron chi connectivity index (χ1n) is 5.15. The highest BCUT2D eigenvalue weighted by Crippen LogP contribution is 2.15. The standard InChI is InChI=1S/C13H9N3O2/c14-8-9-1-3-11(4-2-9)16-12-7-10(13(17)18)5-6-15-12/h1-7H,(H,15,16)(H,17,18). The van der Waals surface area contributed by atoms with E-state index in [2.05, 4.69) is 10.3 Å². The van der Waals surface area contributed by atoms with Crippen LogP contribution >= 0.6 is 0 Å². The van der Waals surface area contributed by atoms with E-state index in [4.69, 9.17) is 10.4 Å². The van der Waals surface area contributed by atoms with Crippen LogP contribution in [-0.4, -0.2) is 16.1 Å². The van der Waals surface area contributed by atoms with Gasteiger partial charge in [-0.3, -0.25) is 0 Å². The summed E-state index contributed by atoms with van der Waals surface area (Å²) in [5, 5.41) is 20.5. The number of benzene rings is 1. The van der Waals surface area contributed by atoms with Crippen molar-refractivity contribution in [2.24, 2.45) is 0 Å². The summed E-state index contributed by atoms with van der Waals surface area (Å²) >= 11 is 0. The van der Waals surface area contributed by atoms with Crippen molar-refractivity contribution in [3.05, 3.63) is 53.7 Å². The Bertz CT molecular complexity index is 615. The molecule has 2 aromatic rings. The molecule has 2 rings (SSSR count). The molecular formula is C13H9N3O2. The Morgan fingerprint density at radius 1 is 1.28 bits per heavy atom. The van der Waals surface area contributed by atoms with E-state index < -0.39 is 5.97 Å². The van der Waals surface area contributed by atoms with Gasteiger partial charge in [0.15, 0.2) is 0 Å². The van der Waals surface area contributed by atoms with Crippen LogP contribution in [0.5, 0.6) is 0 Å². The number of aromatic nitrogens is 1. The van der Waals surface area contributed by atoms with Crippen LogP contribution < -0.4 is 5.32 Å². The second-order valence-electron chi connectivity index (χ2n) is 3.55. The van der Waals surface area contributed by atoms with E-state index in [1.807, 2.05) is 6.07 Å². The fourth-order valence-electron chi connectivity index (χ4n) is 1.41. The first-order chi connectivity index (χ1) is 8.69. The van der Waals surface area contributed by atoms with E-state index in [-0.39, 0.29) is 5.56 Å². The molecular weight excluding hydrogens is 230 g/mol. The van der Waals surface area contributed by atoms with E-state index in [1.54, 1.807) is 24.3 Å². The van der Waals surface area contributed by atoms with Crippen LogP contribution in [-0.2, 0) is 0 Å². The lowest BCUT2D eigenvalue weighted by molar-refractivity contribution is 0.0697. The fourth-order valence-corrected chi connectivity index (χ4v) is 1.41. The summed E-state index contributed by atoms with van der Waals surface area (Å²) < 4.78 is 0. The quantitative estimate of drug-likeness (QED) is 0.858. The molecule has 0 fully saturated rings. The number of nitrogens with one attached hydrogen (secondary N) is 1. The minimum atomic E-state index is -1.000. The van der Waals surface area contributed by atoms with Gasteiger partial charge in [0.05, 0.1) is 17.2 Å². The first kappa shape index (κ1) is 11.6. The van der Waals surface area contributed by atoms with Crippen LogP contribution in [0.3, 0.4) is 0 Å². The topological polar surface area (TPSA) is 86.0 Å². The van der Waals surface area contributed by atoms with E-state index in [1.165, 1.54) is 18.3 Å². The summed E-state index contributed by atoms with van der Waals surface area (Å²) in [7, 11) is 0. The van der Waals surface area contributed by atoms with Crippen LogP contribution in [0.4, 0.5) is 11.5 Å². The maximum atomic E-state index is 10.8. The highest BCUT2D eigenvalue weighted by Gasteiger charge is 2.04. The molecule has 0 radical (unpaired) electrons. The first-order valence-corrected chi connectivity index (χ1v) is 5.15. The van der Waals surface area contributed by atoms with Gasteiger partial charge in [-0.05, 0) is 36.4 Å². The SMILES string of the molecule is N#Cc1ccc(Nc2cc(C(=O)O)ccn2)cc1. The van der Waals surface area contributed by atoms with E-state index in [0.29, 0.717) is 11.4 Å². The highest BCUT2D eigenvalue weighted by atomic mass is 16.4. The van der Waals surface area contributed by atoms with E-state index in [9.17, 15) is 4.79 Å². The number of aromatic carboxylic acids is 1. The normalized spacial score (nSPS) is 9.50.